The second-order valence-electron chi connectivity index (χ2n) is 7.00. The van der Waals surface area contributed by atoms with Gasteiger partial charge >= 0.3 is 0 Å². The molecule has 1 saturated carbocycles. The Morgan fingerprint density at radius 2 is 2.08 bits per heavy atom. The molecule has 2 aliphatic rings. The summed E-state index contributed by atoms with van der Waals surface area (Å²) in [4.78, 5) is 20.4. The Morgan fingerprint density at radius 3 is 2.88 bits per heavy atom. The van der Waals surface area contributed by atoms with Crippen LogP contribution in [-0.4, -0.2) is 34.9 Å². The van der Waals surface area contributed by atoms with Crippen molar-refractivity contribution in [2.75, 3.05) is 13.1 Å². The highest BCUT2D eigenvalue weighted by Gasteiger charge is 2.27. The number of hydrogen-bond donors (Lipinski definition) is 1. The van der Waals surface area contributed by atoms with Crippen molar-refractivity contribution in [2.24, 2.45) is 0 Å². The summed E-state index contributed by atoms with van der Waals surface area (Å²) in [5.41, 5.74) is 4.05. The minimum atomic E-state index is 0.0923. The van der Waals surface area contributed by atoms with Gasteiger partial charge in [0, 0.05) is 42.2 Å². The third kappa shape index (κ3) is 2.80. The Morgan fingerprint density at radius 1 is 1.29 bits per heavy atom. The summed E-state index contributed by atoms with van der Waals surface area (Å²) in [7, 11) is 0. The highest BCUT2D eigenvalue weighted by molar-refractivity contribution is 6.07. The molecule has 4 rings (SSSR count). The Labute approximate surface area is 143 Å². The number of nitrogens with one attached hydrogen (secondary N) is 1. The Balaban J connectivity index is 1.80. The van der Waals surface area contributed by atoms with E-state index in [1.54, 1.807) is 0 Å². The number of likely N-dealkylation sites (N-methyl/N-ethyl adjacent to an activating group) is 1. The number of benzene rings is 1. The van der Waals surface area contributed by atoms with Gasteiger partial charge in [0.2, 0.25) is 0 Å². The SMILES string of the molecule is CCN1CCc2nc3ccccc3c(C(=O)NC3CCCC3)c2C1. The van der Waals surface area contributed by atoms with Crippen molar-refractivity contribution in [3.8, 4) is 0 Å². The number of aromatic nitrogens is 1. The summed E-state index contributed by atoms with van der Waals surface area (Å²) in [6.45, 7) is 5.04. The van der Waals surface area contributed by atoms with E-state index in [1.165, 1.54) is 12.8 Å². The van der Waals surface area contributed by atoms with E-state index in [2.05, 4.69) is 17.1 Å². The summed E-state index contributed by atoms with van der Waals surface area (Å²) >= 11 is 0. The van der Waals surface area contributed by atoms with Crippen LogP contribution in [0, 0.1) is 0 Å². The van der Waals surface area contributed by atoms with Gasteiger partial charge in [-0.15, -0.1) is 0 Å². The Hall–Kier alpha value is -1.94. The van der Waals surface area contributed by atoms with Gasteiger partial charge in [-0.1, -0.05) is 38.0 Å². The molecule has 1 aliphatic carbocycles. The summed E-state index contributed by atoms with van der Waals surface area (Å²) in [6, 6.07) is 8.40. The third-order valence-corrected chi connectivity index (χ3v) is 5.49. The van der Waals surface area contributed by atoms with Crippen molar-refractivity contribution in [3.05, 3.63) is 41.1 Å². The fourth-order valence-corrected chi connectivity index (χ4v) is 4.10. The lowest BCUT2D eigenvalue weighted by Gasteiger charge is -2.29. The number of nitrogens with zero attached hydrogens (tertiary/aromatic N) is 2. The van der Waals surface area contributed by atoms with Crippen molar-refractivity contribution in [2.45, 2.75) is 51.6 Å². The average Bonchev–Trinajstić information content (AvgIpc) is 3.12. The summed E-state index contributed by atoms with van der Waals surface area (Å²) in [6.07, 6.45) is 5.60. The van der Waals surface area contributed by atoms with Crippen molar-refractivity contribution in [1.82, 2.24) is 15.2 Å². The van der Waals surface area contributed by atoms with Gasteiger partial charge in [0.05, 0.1) is 11.1 Å². The van der Waals surface area contributed by atoms with E-state index in [4.69, 9.17) is 4.98 Å². The first-order valence-electron chi connectivity index (χ1n) is 9.20. The molecule has 1 amide bonds. The third-order valence-electron chi connectivity index (χ3n) is 5.49. The number of hydrogen-bond acceptors (Lipinski definition) is 3. The highest BCUT2D eigenvalue weighted by Crippen LogP contribution is 2.29. The number of pyridine rings is 1. The molecule has 0 saturated heterocycles. The number of amides is 1. The number of carbonyl (C=O) groups is 1. The normalized spacial score (nSPS) is 18.7. The van der Waals surface area contributed by atoms with Crippen molar-refractivity contribution in [3.63, 3.8) is 0 Å². The molecule has 0 bridgehead atoms. The molecule has 1 aromatic carbocycles. The van der Waals surface area contributed by atoms with Gasteiger partial charge in [0.25, 0.3) is 5.91 Å². The maximum Gasteiger partial charge on any atom is 0.252 e. The smallest absolute Gasteiger partial charge is 0.252 e. The van der Waals surface area contributed by atoms with E-state index in [9.17, 15) is 4.79 Å². The molecular formula is C20H25N3O. The summed E-state index contributed by atoms with van der Waals surface area (Å²) in [5.74, 6) is 0.0923. The van der Waals surface area contributed by atoms with Crippen LogP contribution in [0.2, 0.25) is 0 Å². The van der Waals surface area contributed by atoms with Crippen LogP contribution in [0.4, 0.5) is 0 Å². The largest absolute Gasteiger partial charge is 0.349 e. The standard InChI is InChI=1S/C20H25N3O/c1-2-23-12-11-18-16(13-23)19(15-9-5-6-10-17(15)22-18)20(24)21-14-7-3-4-8-14/h5-6,9-10,14H,2-4,7-8,11-13H2,1H3,(H,21,24). The molecule has 1 N–H and O–H groups in total. The average molecular weight is 323 g/mol. The molecule has 0 atom stereocenters. The first kappa shape index (κ1) is 15.6. The van der Waals surface area contributed by atoms with Gasteiger partial charge in [-0.2, -0.15) is 0 Å². The van der Waals surface area contributed by atoms with Gasteiger partial charge in [-0.25, -0.2) is 0 Å². The van der Waals surface area contributed by atoms with Gasteiger partial charge in [-0.05, 0) is 25.5 Å². The fourth-order valence-electron chi connectivity index (χ4n) is 4.10. The molecule has 2 aromatic rings. The topological polar surface area (TPSA) is 45.2 Å². The lowest BCUT2D eigenvalue weighted by molar-refractivity contribution is 0.0936. The zero-order valence-electron chi connectivity index (χ0n) is 14.3. The van der Waals surface area contributed by atoms with E-state index in [0.29, 0.717) is 6.04 Å². The van der Waals surface area contributed by atoms with Crippen LogP contribution >= 0.6 is 0 Å². The second kappa shape index (κ2) is 6.52. The van der Waals surface area contributed by atoms with E-state index >= 15 is 0 Å². The maximum atomic E-state index is 13.1. The van der Waals surface area contributed by atoms with Crippen LogP contribution in [0.25, 0.3) is 10.9 Å². The highest BCUT2D eigenvalue weighted by atomic mass is 16.1. The van der Waals surface area contributed by atoms with E-state index in [0.717, 1.165) is 66.6 Å². The molecule has 1 aliphatic heterocycles. The molecular weight excluding hydrogens is 298 g/mol. The number of para-hydroxylation sites is 1. The van der Waals surface area contributed by atoms with Crippen LogP contribution in [-0.2, 0) is 13.0 Å². The molecule has 0 spiro atoms. The Bertz CT molecular complexity index is 765. The first-order valence-corrected chi connectivity index (χ1v) is 9.20. The van der Waals surface area contributed by atoms with E-state index in [-0.39, 0.29) is 5.91 Å². The maximum absolute atomic E-state index is 13.1. The zero-order chi connectivity index (χ0) is 16.5. The second-order valence-corrected chi connectivity index (χ2v) is 7.00. The number of rotatable bonds is 3. The van der Waals surface area contributed by atoms with E-state index < -0.39 is 0 Å². The predicted molar refractivity (Wildman–Crippen MR) is 96.1 cm³/mol. The van der Waals surface area contributed by atoms with Crippen molar-refractivity contribution < 1.29 is 4.79 Å². The van der Waals surface area contributed by atoms with Crippen LogP contribution in [0.5, 0.6) is 0 Å². The summed E-state index contributed by atoms with van der Waals surface area (Å²) in [5, 5.41) is 4.28. The first-order chi connectivity index (χ1) is 11.8. The molecule has 1 aromatic heterocycles. The lowest BCUT2D eigenvalue weighted by Crippen LogP contribution is -2.36. The van der Waals surface area contributed by atoms with Crippen molar-refractivity contribution in [1.29, 1.82) is 0 Å². The molecule has 24 heavy (non-hydrogen) atoms. The fraction of sp³-hybridized carbons (Fsp3) is 0.500. The molecule has 1 fully saturated rings. The van der Waals surface area contributed by atoms with Crippen LogP contribution in [0.1, 0.15) is 54.2 Å². The molecule has 4 nitrogen and oxygen atoms in total. The molecule has 2 heterocycles. The molecule has 126 valence electrons. The van der Waals surface area contributed by atoms with Crippen LogP contribution < -0.4 is 5.32 Å². The number of fused-ring (bicyclic) bond motifs is 2. The lowest BCUT2D eigenvalue weighted by atomic mass is 9.95. The molecule has 4 heteroatoms. The van der Waals surface area contributed by atoms with Gasteiger partial charge in [0.1, 0.15) is 0 Å². The molecule has 0 unspecified atom stereocenters. The summed E-state index contributed by atoms with van der Waals surface area (Å²) < 4.78 is 0. The minimum absolute atomic E-state index is 0.0923. The van der Waals surface area contributed by atoms with Gasteiger partial charge in [-0.3, -0.25) is 14.7 Å². The Kier molecular flexibility index (Phi) is 4.23. The zero-order valence-corrected chi connectivity index (χ0v) is 14.3. The quantitative estimate of drug-likeness (QED) is 0.943. The minimum Gasteiger partial charge on any atom is -0.349 e. The van der Waals surface area contributed by atoms with Crippen LogP contribution in [0.15, 0.2) is 24.3 Å². The van der Waals surface area contributed by atoms with E-state index in [1.807, 2.05) is 24.3 Å². The van der Waals surface area contributed by atoms with Crippen molar-refractivity contribution >= 4 is 16.8 Å². The van der Waals surface area contributed by atoms with Gasteiger partial charge < -0.3 is 5.32 Å². The van der Waals surface area contributed by atoms with Crippen LogP contribution in [0.3, 0.4) is 0 Å². The monoisotopic (exact) mass is 323 g/mol. The predicted octanol–water partition coefficient (Wildman–Crippen LogP) is 3.29. The molecule has 0 radical (unpaired) electrons. The number of carbonyl (C=O) groups excluding carboxylic acids is 1. The van der Waals surface area contributed by atoms with Gasteiger partial charge in [0.15, 0.2) is 0 Å².